The van der Waals surface area contributed by atoms with Gasteiger partial charge in [-0.1, -0.05) is 0 Å². The number of carbonyl (C=O) groups excluding carboxylic acids is 1. The number of alkyl halides is 3. The Labute approximate surface area is 135 Å². The van der Waals surface area contributed by atoms with Gasteiger partial charge in [-0.25, -0.2) is 0 Å². The van der Waals surface area contributed by atoms with Crippen molar-refractivity contribution in [2.75, 3.05) is 19.6 Å². The van der Waals surface area contributed by atoms with Gasteiger partial charge in [0.1, 0.15) is 23.1 Å². The van der Waals surface area contributed by atoms with Crippen LogP contribution >= 0.6 is 0 Å². The molecule has 0 spiro atoms. The van der Waals surface area contributed by atoms with Crippen molar-refractivity contribution in [2.24, 2.45) is 5.92 Å². The van der Waals surface area contributed by atoms with Crippen LogP contribution in [0, 0.1) is 5.92 Å². The van der Waals surface area contributed by atoms with E-state index in [2.05, 4.69) is 15.2 Å². The molecule has 1 amide bonds. The molecule has 2 aliphatic rings. The summed E-state index contributed by atoms with van der Waals surface area (Å²) in [6, 6.07) is 1.32. The van der Waals surface area contributed by atoms with Gasteiger partial charge >= 0.3 is 6.18 Å². The number of hydrogen-bond acceptors (Lipinski definition) is 4. The Morgan fingerprint density at radius 2 is 2.21 bits per heavy atom. The van der Waals surface area contributed by atoms with E-state index in [9.17, 15) is 18.0 Å². The number of carbonyl (C=O) groups is 1. The van der Waals surface area contributed by atoms with Crippen molar-refractivity contribution in [3.8, 4) is 0 Å². The third-order valence-electron chi connectivity index (χ3n) is 4.80. The lowest BCUT2D eigenvalue weighted by Gasteiger charge is -2.30. The zero-order chi connectivity index (χ0) is 16.9. The van der Waals surface area contributed by atoms with Crippen LogP contribution in [0.1, 0.15) is 28.9 Å². The quantitative estimate of drug-likeness (QED) is 0.914. The number of rotatable bonds is 2. The number of piperidine rings is 1. The van der Waals surface area contributed by atoms with Crippen LogP contribution in [0.25, 0.3) is 11.0 Å². The molecule has 2 fully saturated rings. The van der Waals surface area contributed by atoms with Gasteiger partial charge in [0, 0.05) is 31.4 Å². The number of hydrogen-bond donors (Lipinski definition) is 1. The van der Waals surface area contributed by atoms with Gasteiger partial charge in [0.15, 0.2) is 0 Å². The van der Waals surface area contributed by atoms with Crippen molar-refractivity contribution in [1.29, 1.82) is 0 Å². The van der Waals surface area contributed by atoms with Gasteiger partial charge in [-0.15, -0.1) is 0 Å². The van der Waals surface area contributed by atoms with Crippen molar-refractivity contribution in [1.82, 2.24) is 15.2 Å². The van der Waals surface area contributed by atoms with E-state index in [-0.39, 0.29) is 28.6 Å². The number of nitrogens with zero attached hydrogens (tertiary/aromatic N) is 2. The van der Waals surface area contributed by atoms with Crippen molar-refractivity contribution < 1.29 is 22.4 Å². The van der Waals surface area contributed by atoms with E-state index < -0.39 is 11.7 Å². The third-order valence-corrected chi connectivity index (χ3v) is 4.80. The topological polar surface area (TPSA) is 58.4 Å². The monoisotopic (exact) mass is 339 g/mol. The van der Waals surface area contributed by atoms with Gasteiger partial charge in [0.25, 0.3) is 5.91 Å². The van der Waals surface area contributed by atoms with Gasteiger partial charge in [-0.05, 0) is 25.3 Å². The first-order chi connectivity index (χ1) is 11.4. The molecule has 8 heteroatoms. The minimum Gasteiger partial charge on any atom is -0.464 e. The summed E-state index contributed by atoms with van der Waals surface area (Å²) < 4.78 is 43.4. The number of halogens is 3. The highest BCUT2D eigenvalue weighted by Crippen LogP contribution is 2.35. The molecule has 4 rings (SSSR count). The fraction of sp³-hybridized carbons (Fsp3) is 0.500. The normalized spacial score (nSPS) is 26.7. The summed E-state index contributed by atoms with van der Waals surface area (Å²) in [5.74, 6) is 0.230. The van der Waals surface area contributed by atoms with E-state index in [1.54, 1.807) is 0 Å². The molecule has 2 aromatic rings. The van der Waals surface area contributed by atoms with E-state index in [0.29, 0.717) is 12.2 Å². The van der Waals surface area contributed by atoms with Crippen molar-refractivity contribution in [2.45, 2.75) is 25.1 Å². The first kappa shape index (κ1) is 15.4. The average molecular weight is 339 g/mol. The number of amides is 1. The van der Waals surface area contributed by atoms with E-state index in [1.807, 2.05) is 0 Å². The van der Waals surface area contributed by atoms with Crippen LogP contribution < -0.4 is 5.32 Å². The van der Waals surface area contributed by atoms with Crippen LogP contribution in [-0.4, -0.2) is 41.5 Å². The Kier molecular flexibility index (Phi) is 3.52. The molecule has 0 aromatic carbocycles. The molecule has 2 bridgehead atoms. The molecule has 2 aromatic heterocycles. The number of fused-ring (bicyclic) bond motifs is 3. The molecule has 2 saturated heterocycles. The van der Waals surface area contributed by atoms with Crippen LogP contribution in [0.3, 0.4) is 0 Å². The van der Waals surface area contributed by atoms with Crippen LogP contribution in [0.2, 0.25) is 0 Å². The Balaban J connectivity index is 1.52. The van der Waals surface area contributed by atoms with Crippen molar-refractivity contribution in [3.63, 3.8) is 0 Å². The molecular weight excluding hydrogens is 323 g/mol. The third kappa shape index (κ3) is 2.75. The van der Waals surface area contributed by atoms with E-state index in [1.165, 1.54) is 6.07 Å². The number of pyridine rings is 1. The largest absolute Gasteiger partial charge is 0.464 e. The zero-order valence-corrected chi connectivity index (χ0v) is 12.8. The number of nitrogens with one attached hydrogen (secondary N) is 1. The maximum atomic E-state index is 12.8. The highest BCUT2D eigenvalue weighted by atomic mass is 19.4. The van der Waals surface area contributed by atoms with Gasteiger partial charge < -0.3 is 14.6 Å². The Morgan fingerprint density at radius 1 is 1.38 bits per heavy atom. The van der Waals surface area contributed by atoms with Crippen molar-refractivity contribution >= 4 is 16.9 Å². The molecule has 0 saturated carbocycles. The van der Waals surface area contributed by atoms with Crippen LogP contribution in [-0.2, 0) is 6.18 Å². The molecule has 3 atom stereocenters. The SMILES string of the molecule is O=C(N[C@@H]1C[C@@H]2CCN(C2)C1)c1cc2occ(C(F)(F)F)c2cn1. The van der Waals surface area contributed by atoms with Gasteiger partial charge in [-0.3, -0.25) is 9.78 Å². The lowest BCUT2D eigenvalue weighted by molar-refractivity contribution is -0.136. The molecule has 0 radical (unpaired) electrons. The maximum Gasteiger partial charge on any atom is 0.420 e. The highest BCUT2D eigenvalue weighted by molar-refractivity contribution is 5.96. The second kappa shape index (κ2) is 5.47. The highest BCUT2D eigenvalue weighted by Gasteiger charge is 2.35. The maximum absolute atomic E-state index is 12.8. The summed E-state index contributed by atoms with van der Waals surface area (Å²) in [4.78, 5) is 18.5. The van der Waals surface area contributed by atoms with E-state index in [0.717, 1.165) is 38.7 Å². The predicted molar refractivity (Wildman–Crippen MR) is 79.4 cm³/mol. The predicted octanol–water partition coefficient (Wildman–Crippen LogP) is 2.67. The molecule has 2 aliphatic heterocycles. The Bertz CT molecular complexity index is 774. The second-order valence-electron chi connectivity index (χ2n) is 6.53. The first-order valence-corrected chi connectivity index (χ1v) is 7.88. The molecule has 0 aliphatic carbocycles. The summed E-state index contributed by atoms with van der Waals surface area (Å²) in [7, 11) is 0. The van der Waals surface area contributed by atoms with Gasteiger partial charge in [-0.2, -0.15) is 13.2 Å². The number of aromatic nitrogens is 1. The minimum atomic E-state index is -4.51. The molecule has 5 nitrogen and oxygen atoms in total. The summed E-state index contributed by atoms with van der Waals surface area (Å²) in [5.41, 5.74) is -0.804. The smallest absolute Gasteiger partial charge is 0.420 e. The van der Waals surface area contributed by atoms with Crippen LogP contribution in [0.5, 0.6) is 0 Å². The van der Waals surface area contributed by atoms with Crippen LogP contribution in [0.4, 0.5) is 13.2 Å². The fourth-order valence-corrected chi connectivity index (χ4v) is 3.69. The van der Waals surface area contributed by atoms with Crippen molar-refractivity contribution in [3.05, 3.63) is 29.8 Å². The summed E-state index contributed by atoms with van der Waals surface area (Å²) in [6.07, 6.45) is -0.718. The molecule has 4 heterocycles. The first-order valence-electron chi connectivity index (χ1n) is 7.88. The summed E-state index contributed by atoms with van der Waals surface area (Å²) in [6.45, 7) is 2.96. The lowest BCUT2D eigenvalue weighted by atomic mass is 9.97. The van der Waals surface area contributed by atoms with Crippen LogP contribution in [0.15, 0.2) is 22.9 Å². The number of furan rings is 1. The average Bonchev–Trinajstić information content (AvgIpc) is 3.09. The standard InChI is InChI=1S/C16H16F3N3O2/c17-16(18,19)12-8-24-14-4-13(20-5-11(12)14)15(23)21-10-3-9-1-2-22(6-9)7-10/h4-5,8-10H,1-3,6-7H2,(H,21,23)/t9-,10+/m0/s1. The Morgan fingerprint density at radius 3 is 2.96 bits per heavy atom. The van der Waals surface area contributed by atoms with Gasteiger partial charge in [0.2, 0.25) is 0 Å². The minimum absolute atomic E-state index is 0.00920. The fourth-order valence-electron chi connectivity index (χ4n) is 3.69. The zero-order valence-electron chi connectivity index (χ0n) is 12.8. The second-order valence-corrected chi connectivity index (χ2v) is 6.53. The lowest BCUT2D eigenvalue weighted by Crippen LogP contribution is -2.47. The Hall–Kier alpha value is -2.09. The summed E-state index contributed by atoms with van der Waals surface area (Å²) >= 11 is 0. The molecule has 24 heavy (non-hydrogen) atoms. The molecular formula is C16H16F3N3O2. The molecule has 128 valence electrons. The van der Waals surface area contributed by atoms with Gasteiger partial charge in [0.05, 0.1) is 5.39 Å². The van der Waals surface area contributed by atoms with E-state index in [4.69, 9.17) is 4.42 Å². The van der Waals surface area contributed by atoms with E-state index >= 15 is 0 Å². The molecule has 1 N–H and O–H groups in total. The molecule has 1 unspecified atom stereocenters. The summed E-state index contributed by atoms with van der Waals surface area (Å²) in [5, 5.41) is 2.79.